The van der Waals surface area contributed by atoms with Crippen molar-refractivity contribution in [3.8, 4) is 33.4 Å². The third-order valence-corrected chi connectivity index (χ3v) is 9.79. The molecule has 0 aromatic heterocycles. The summed E-state index contributed by atoms with van der Waals surface area (Å²) in [4.78, 5) is 0. The van der Waals surface area contributed by atoms with Crippen LogP contribution in [0.1, 0.15) is 22.3 Å². The highest BCUT2D eigenvalue weighted by Gasteiger charge is 2.47. The molecule has 41 heavy (non-hydrogen) atoms. The maximum absolute atomic E-state index is 3.80. The van der Waals surface area contributed by atoms with Crippen molar-refractivity contribution in [2.75, 3.05) is 0 Å². The number of rotatable bonds is 4. The molecule has 0 heterocycles. The van der Waals surface area contributed by atoms with E-state index < -0.39 is 5.41 Å². The van der Waals surface area contributed by atoms with E-state index in [1.165, 1.54) is 55.6 Å². The minimum Gasteiger partial charge on any atom is -0.0622 e. The lowest BCUT2D eigenvalue weighted by molar-refractivity contribution is 0.765. The second-order valence-corrected chi connectivity index (χ2v) is 13.9. The maximum Gasteiger partial charge on any atom is 0.0715 e. The summed E-state index contributed by atoms with van der Waals surface area (Å²) in [6.45, 7) is 0. The first-order chi connectivity index (χ1) is 20.0. The second kappa shape index (κ2) is 10.8. The number of hydrogen-bond acceptors (Lipinski definition) is 0. The molecule has 0 amide bonds. The fourth-order valence-electron chi connectivity index (χ4n) is 6.47. The van der Waals surface area contributed by atoms with Gasteiger partial charge < -0.3 is 0 Å². The lowest BCUT2D eigenvalue weighted by atomic mass is 9.67. The molecule has 0 unspecified atom stereocenters. The first-order valence-electron chi connectivity index (χ1n) is 13.3. The van der Waals surface area contributed by atoms with E-state index >= 15 is 0 Å². The molecule has 198 valence electrons. The molecule has 1 aliphatic rings. The van der Waals surface area contributed by atoms with Crippen molar-refractivity contribution < 1.29 is 0 Å². The molecule has 0 aliphatic heterocycles. The Morgan fingerprint density at radius 1 is 0.366 bits per heavy atom. The van der Waals surface area contributed by atoms with Crippen molar-refractivity contribution in [3.63, 3.8) is 0 Å². The van der Waals surface area contributed by atoms with Gasteiger partial charge in [-0.25, -0.2) is 0 Å². The second-order valence-electron chi connectivity index (χ2n) is 10.3. The molecule has 0 atom stereocenters. The summed E-state index contributed by atoms with van der Waals surface area (Å²) in [7, 11) is 0. The highest BCUT2D eigenvalue weighted by atomic mass is 79.9. The molecular formula is C37H22Br4. The summed E-state index contributed by atoms with van der Waals surface area (Å²) in [5.41, 5.74) is 11.8. The van der Waals surface area contributed by atoms with Gasteiger partial charge in [-0.05, 0) is 92.0 Å². The van der Waals surface area contributed by atoms with Gasteiger partial charge in [0.15, 0.2) is 0 Å². The maximum atomic E-state index is 3.80. The van der Waals surface area contributed by atoms with Crippen molar-refractivity contribution >= 4 is 63.7 Å². The number of benzene rings is 6. The summed E-state index contributed by atoms with van der Waals surface area (Å²) in [5, 5.41) is 0. The molecule has 0 radical (unpaired) electrons. The molecular weight excluding hydrogens is 764 g/mol. The Bertz CT molecular complexity index is 1850. The van der Waals surface area contributed by atoms with Gasteiger partial charge in [0.1, 0.15) is 0 Å². The largest absolute Gasteiger partial charge is 0.0715 e. The van der Waals surface area contributed by atoms with Crippen molar-refractivity contribution in [2.24, 2.45) is 0 Å². The molecule has 7 rings (SSSR count). The average molecular weight is 786 g/mol. The van der Waals surface area contributed by atoms with Gasteiger partial charge in [0.2, 0.25) is 0 Å². The van der Waals surface area contributed by atoms with Gasteiger partial charge >= 0.3 is 0 Å². The van der Waals surface area contributed by atoms with Gasteiger partial charge in [0.25, 0.3) is 0 Å². The zero-order chi connectivity index (χ0) is 28.1. The summed E-state index contributed by atoms with van der Waals surface area (Å²) >= 11 is 15.2. The topological polar surface area (TPSA) is 0 Å². The van der Waals surface area contributed by atoms with Crippen LogP contribution in [0.4, 0.5) is 0 Å². The first-order valence-corrected chi connectivity index (χ1v) is 16.5. The van der Waals surface area contributed by atoms with E-state index in [0.717, 1.165) is 17.9 Å². The minimum atomic E-state index is -0.539. The summed E-state index contributed by atoms with van der Waals surface area (Å²) in [5.74, 6) is 0. The van der Waals surface area contributed by atoms with Crippen LogP contribution >= 0.6 is 63.7 Å². The van der Waals surface area contributed by atoms with Crippen molar-refractivity contribution in [1.29, 1.82) is 0 Å². The predicted octanol–water partition coefficient (Wildman–Crippen LogP) is 12.4. The van der Waals surface area contributed by atoms with Crippen LogP contribution in [-0.4, -0.2) is 0 Å². The van der Waals surface area contributed by atoms with Crippen LogP contribution in [0.25, 0.3) is 33.4 Å². The normalized spacial score (nSPS) is 13.1. The monoisotopic (exact) mass is 782 g/mol. The first kappa shape index (κ1) is 27.1. The van der Waals surface area contributed by atoms with Crippen LogP contribution in [0.5, 0.6) is 0 Å². The summed E-state index contributed by atoms with van der Waals surface area (Å²) < 4.78 is 4.14. The molecule has 0 saturated heterocycles. The van der Waals surface area contributed by atoms with Gasteiger partial charge in [0, 0.05) is 17.9 Å². The van der Waals surface area contributed by atoms with E-state index in [2.05, 4.69) is 197 Å². The fourth-order valence-corrected chi connectivity index (χ4v) is 9.06. The Labute approximate surface area is 274 Å². The Morgan fingerprint density at radius 3 is 1.44 bits per heavy atom. The Kier molecular flexibility index (Phi) is 7.15. The number of hydrogen-bond donors (Lipinski definition) is 0. The summed E-state index contributed by atoms with van der Waals surface area (Å²) in [6, 6.07) is 48.4. The quantitative estimate of drug-likeness (QED) is 0.167. The van der Waals surface area contributed by atoms with Crippen molar-refractivity contribution in [2.45, 2.75) is 5.41 Å². The van der Waals surface area contributed by atoms with Crippen LogP contribution in [0, 0.1) is 0 Å². The Balaban J connectivity index is 1.63. The van der Waals surface area contributed by atoms with Crippen LogP contribution in [0.3, 0.4) is 0 Å². The molecule has 0 N–H and O–H groups in total. The lowest BCUT2D eigenvalue weighted by Gasteiger charge is -2.34. The molecule has 0 saturated carbocycles. The zero-order valence-electron chi connectivity index (χ0n) is 21.7. The van der Waals surface area contributed by atoms with Crippen LogP contribution < -0.4 is 0 Å². The molecule has 0 fully saturated rings. The minimum absolute atomic E-state index is 0.539. The highest BCUT2D eigenvalue weighted by molar-refractivity contribution is 9.11. The number of halogens is 4. The van der Waals surface area contributed by atoms with Gasteiger partial charge in [-0.3, -0.25) is 0 Å². The zero-order valence-corrected chi connectivity index (χ0v) is 28.1. The van der Waals surface area contributed by atoms with E-state index in [1.807, 2.05) is 0 Å². The Hall–Kier alpha value is -2.76. The van der Waals surface area contributed by atoms with Crippen molar-refractivity contribution in [3.05, 3.63) is 174 Å². The molecule has 4 heteroatoms. The van der Waals surface area contributed by atoms with Gasteiger partial charge in [0.05, 0.1) is 5.41 Å². The van der Waals surface area contributed by atoms with E-state index in [9.17, 15) is 0 Å². The standard InChI is InChI=1S/C37H22Br4/c38-26-17-24(18-27(39)21-26)37(25-19-28(40)22-29(41)20-25)34-15-7-6-13-33(34)36-32(14-8-16-35(36)37)31-12-5-4-11-30(31)23-9-2-1-3-10-23/h1-22H. The molecule has 6 aromatic carbocycles. The molecule has 0 nitrogen and oxygen atoms in total. The molecule has 0 spiro atoms. The SMILES string of the molecule is Brc1cc(Br)cc(C2(c3cc(Br)cc(Br)c3)c3ccccc3-c3c(-c4ccccc4-c4ccccc4)cccc32)c1. The van der Waals surface area contributed by atoms with E-state index in [1.54, 1.807) is 0 Å². The van der Waals surface area contributed by atoms with E-state index in [4.69, 9.17) is 0 Å². The van der Waals surface area contributed by atoms with Gasteiger partial charge in [-0.1, -0.05) is 161 Å². The highest BCUT2D eigenvalue weighted by Crippen LogP contribution is 2.59. The van der Waals surface area contributed by atoms with E-state index in [0.29, 0.717) is 0 Å². The van der Waals surface area contributed by atoms with Gasteiger partial charge in [-0.2, -0.15) is 0 Å². The van der Waals surface area contributed by atoms with Crippen LogP contribution in [0.2, 0.25) is 0 Å². The molecule has 0 bridgehead atoms. The van der Waals surface area contributed by atoms with Crippen LogP contribution in [0.15, 0.2) is 151 Å². The average Bonchev–Trinajstić information content (AvgIpc) is 3.28. The molecule has 6 aromatic rings. The third-order valence-electron chi connectivity index (χ3n) is 7.96. The Morgan fingerprint density at radius 2 is 0.829 bits per heavy atom. The predicted molar refractivity (Wildman–Crippen MR) is 185 cm³/mol. The fraction of sp³-hybridized carbons (Fsp3) is 0.0270. The lowest BCUT2D eigenvalue weighted by Crippen LogP contribution is -2.28. The smallest absolute Gasteiger partial charge is 0.0622 e. The molecule has 1 aliphatic carbocycles. The van der Waals surface area contributed by atoms with Crippen LogP contribution in [-0.2, 0) is 5.41 Å². The third kappa shape index (κ3) is 4.51. The van der Waals surface area contributed by atoms with E-state index in [-0.39, 0.29) is 0 Å². The number of fused-ring (bicyclic) bond motifs is 3. The van der Waals surface area contributed by atoms with Gasteiger partial charge in [-0.15, -0.1) is 0 Å². The summed E-state index contributed by atoms with van der Waals surface area (Å²) in [6.07, 6.45) is 0. The van der Waals surface area contributed by atoms with Crippen molar-refractivity contribution in [1.82, 2.24) is 0 Å².